The van der Waals surface area contributed by atoms with Crippen LogP contribution in [0.2, 0.25) is 0 Å². The Morgan fingerprint density at radius 3 is 2.13 bits per heavy atom. The predicted molar refractivity (Wildman–Crippen MR) is 56.5 cm³/mol. The molecule has 2 rings (SSSR count). The van der Waals surface area contributed by atoms with Crippen molar-refractivity contribution in [1.82, 2.24) is 0 Å². The lowest BCUT2D eigenvalue weighted by molar-refractivity contribution is 0.499. The van der Waals surface area contributed by atoms with Gasteiger partial charge >= 0.3 is 6.98 Å². The molecule has 1 saturated carbocycles. The molecule has 0 radical (unpaired) electrons. The summed E-state index contributed by atoms with van der Waals surface area (Å²) in [7, 11) is 0. The molecule has 0 unspecified atom stereocenters. The Hall–Kier alpha value is -1.19. The quantitative estimate of drug-likeness (QED) is 0.663. The van der Waals surface area contributed by atoms with E-state index in [1.54, 1.807) is 12.1 Å². The highest BCUT2D eigenvalue weighted by Gasteiger charge is 2.22. The fourth-order valence-electron chi connectivity index (χ4n) is 1.52. The van der Waals surface area contributed by atoms with Crippen LogP contribution in [0.4, 0.5) is 12.9 Å². The molecular formula is C11H11BF3-. The van der Waals surface area contributed by atoms with Crippen molar-refractivity contribution < 1.29 is 12.9 Å². The second-order valence-electron chi connectivity index (χ2n) is 3.93. The van der Waals surface area contributed by atoms with E-state index in [0.717, 1.165) is 6.08 Å². The maximum Gasteiger partial charge on any atom is 0.502 e. The largest absolute Gasteiger partial charge is 0.502 e. The van der Waals surface area contributed by atoms with E-state index < -0.39 is 6.98 Å². The molecule has 1 aliphatic rings. The van der Waals surface area contributed by atoms with E-state index in [2.05, 4.69) is 0 Å². The third kappa shape index (κ3) is 3.15. The fourth-order valence-corrected chi connectivity index (χ4v) is 1.52. The molecule has 1 aromatic carbocycles. The zero-order valence-corrected chi connectivity index (χ0v) is 8.17. The number of hydrogen-bond acceptors (Lipinski definition) is 0. The van der Waals surface area contributed by atoms with E-state index >= 15 is 0 Å². The van der Waals surface area contributed by atoms with E-state index in [1.165, 1.54) is 18.4 Å². The smallest absolute Gasteiger partial charge is 0.445 e. The summed E-state index contributed by atoms with van der Waals surface area (Å²) in [5.74, 6) is 0.974. The van der Waals surface area contributed by atoms with Crippen molar-refractivity contribution in [3.63, 3.8) is 0 Å². The van der Waals surface area contributed by atoms with Gasteiger partial charge in [0, 0.05) is 0 Å². The predicted octanol–water partition coefficient (Wildman–Crippen LogP) is 3.96. The number of rotatable bonds is 3. The van der Waals surface area contributed by atoms with Crippen molar-refractivity contribution in [1.29, 1.82) is 0 Å². The first kappa shape index (κ1) is 10.3. The molecule has 0 saturated heterocycles. The summed E-state index contributed by atoms with van der Waals surface area (Å²) in [6.07, 6.45) is 3.54. The van der Waals surface area contributed by atoms with Crippen LogP contribution in [0.5, 0.6) is 0 Å². The second kappa shape index (κ2) is 3.76. The van der Waals surface area contributed by atoms with Gasteiger partial charge in [0.05, 0.1) is 0 Å². The molecule has 15 heavy (non-hydrogen) atoms. The van der Waals surface area contributed by atoms with E-state index in [-0.39, 0.29) is 0 Å². The van der Waals surface area contributed by atoms with Gasteiger partial charge in [0.15, 0.2) is 0 Å². The standard InChI is InChI=1S/C11H11BF3/c13-12(14,15)8-7-9-1-3-10(4-2-9)11-5-6-11/h1-4,7-8,11H,5-6H2/q-1/b8-7+. The highest BCUT2D eigenvalue weighted by atomic mass is 19.4. The molecule has 0 heterocycles. The Morgan fingerprint density at radius 1 is 1.07 bits per heavy atom. The van der Waals surface area contributed by atoms with Crippen LogP contribution >= 0.6 is 0 Å². The van der Waals surface area contributed by atoms with Crippen LogP contribution < -0.4 is 0 Å². The molecule has 1 fully saturated rings. The molecule has 0 bridgehead atoms. The maximum atomic E-state index is 11.9. The van der Waals surface area contributed by atoms with Crippen LogP contribution in [-0.4, -0.2) is 6.98 Å². The Bertz CT molecular complexity index is 360. The summed E-state index contributed by atoms with van der Waals surface area (Å²) in [4.78, 5) is 0. The maximum absolute atomic E-state index is 11.9. The molecule has 4 heteroatoms. The molecule has 0 atom stereocenters. The van der Waals surface area contributed by atoms with Gasteiger partial charge in [0.25, 0.3) is 0 Å². The Balaban J connectivity index is 2.06. The molecule has 0 nitrogen and oxygen atoms in total. The zero-order valence-electron chi connectivity index (χ0n) is 8.17. The van der Waals surface area contributed by atoms with Crippen LogP contribution in [-0.2, 0) is 0 Å². The van der Waals surface area contributed by atoms with Crippen LogP contribution in [0.3, 0.4) is 0 Å². The van der Waals surface area contributed by atoms with Gasteiger partial charge in [-0.2, -0.15) is 0 Å². The van der Waals surface area contributed by atoms with Crippen LogP contribution in [0.25, 0.3) is 6.08 Å². The number of hydrogen-bond donors (Lipinski definition) is 0. The summed E-state index contributed by atoms with van der Waals surface area (Å²) < 4.78 is 35.8. The minimum Gasteiger partial charge on any atom is -0.445 e. The van der Waals surface area contributed by atoms with Crippen LogP contribution in [0.1, 0.15) is 29.9 Å². The van der Waals surface area contributed by atoms with Gasteiger partial charge in [0.1, 0.15) is 0 Å². The molecule has 1 aliphatic carbocycles. The van der Waals surface area contributed by atoms with Gasteiger partial charge in [-0.05, 0) is 29.9 Å². The van der Waals surface area contributed by atoms with Gasteiger partial charge < -0.3 is 12.9 Å². The van der Waals surface area contributed by atoms with Crippen molar-refractivity contribution in [3.8, 4) is 0 Å². The van der Waals surface area contributed by atoms with Crippen molar-refractivity contribution in [2.24, 2.45) is 0 Å². The molecule has 0 spiro atoms. The first-order valence-electron chi connectivity index (χ1n) is 5.04. The lowest BCUT2D eigenvalue weighted by Crippen LogP contribution is -2.09. The monoisotopic (exact) mass is 211 g/mol. The lowest BCUT2D eigenvalue weighted by atomic mass is 9.90. The molecule has 0 amide bonds. The summed E-state index contributed by atoms with van der Waals surface area (Å²) >= 11 is 0. The zero-order chi connectivity index (χ0) is 10.9. The second-order valence-corrected chi connectivity index (χ2v) is 3.93. The van der Waals surface area contributed by atoms with Gasteiger partial charge in [-0.15, -0.1) is 5.98 Å². The van der Waals surface area contributed by atoms with Crippen molar-refractivity contribution >= 4 is 13.1 Å². The minimum atomic E-state index is -4.82. The summed E-state index contributed by atoms with van der Waals surface area (Å²) in [5.41, 5.74) is 1.85. The van der Waals surface area contributed by atoms with Gasteiger partial charge in [-0.1, -0.05) is 30.3 Å². The van der Waals surface area contributed by atoms with E-state index in [0.29, 0.717) is 17.5 Å². The Labute approximate surface area is 86.9 Å². The third-order valence-corrected chi connectivity index (χ3v) is 2.49. The first-order chi connectivity index (χ1) is 7.04. The third-order valence-electron chi connectivity index (χ3n) is 2.49. The number of halogens is 3. The van der Waals surface area contributed by atoms with Crippen molar-refractivity contribution in [3.05, 3.63) is 41.4 Å². The summed E-state index contributed by atoms with van der Waals surface area (Å²) in [5, 5.41) is 0. The normalized spacial score (nSPS) is 17.3. The molecule has 0 aliphatic heterocycles. The van der Waals surface area contributed by atoms with Crippen molar-refractivity contribution in [2.75, 3.05) is 0 Å². The first-order valence-corrected chi connectivity index (χ1v) is 5.04. The van der Waals surface area contributed by atoms with Crippen molar-refractivity contribution in [2.45, 2.75) is 18.8 Å². The number of benzene rings is 1. The lowest BCUT2D eigenvalue weighted by Gasteiger charge is -2.06. The highest BCUT2D eigenvalue weighted by Crippen LogP contribution is 2.39. The van der Waals surface area contributed by atoms with Gasteiger partial charge in [-0.3, -0.25) is 0 Å². The average molecular weight is 211 g/mol. The molecular weight excluding hydrogens is 200 g/mol. The topological polar surface area (TPSA) is 0 Å². The average Bonchev–Trinajstić information content (AvgIpc) is 2.98. The van der Waals surface area contributed by atoms with E-state index in [4.69, 9.17) is 0 Å². The molecule has 0 aromatic heterocycles. The van der Waals surface area contributed by atoms with E-state index in [9.17, 15) is 12.9 Å². The molecule has 1 aromatic rings. The van der Waals surface area contributed by atoms with Crippen LogP contribution in [0.15, 0.2) is 30.2 Å². The van der Waals surface area contributed by atoms with Gasteiger partial charge in [-0.25, -0.2) is 0 Å². The molecule has 80 valence electrons. The summed E-state index contributed by atoms with van der Waals surface area (Å²) in [6, 6.07) is 7.32. The van der Waals surface area contributed by atoms with Crippen LogP contribution in [0, 0.1) is 0 Å². The Kier molecular flexibility index (Phi) is 2.59. The Morgan fingerprint density at radius 2 is 1.67 bits per heavy atom. The van der Waals surface area contributed by atoms with Gasteiger partial charge in [0.2, 0.25) is 0 Å². The fraction of sp³-hybridized carbons (Fsp3) is 0.273. The summed E-state index contributed by atoms with van der Waals surface area (Å²) in [6.45, 7) is -4.82. The van der Waals surface area contributed by atoms with E-state index in [1.807, 2.05) is 12.1 Å². The molecule has 0 N–H and O–H groups in total. The highest BCUT2D eigenvalue weighted by molar-refractivity contribution is 6.64. The SMILES string of the molecule is F[B-](F)(F)/C=C/c1ccc(C2CC2)cc1. The minimum absolute atomic E-state index is 0.326.